The molecule has 16 heavy (non-hydrogen) atoms. The van der Waals surface area contributed by atoms with Gasteiger partial charge in [0, 0.05) is 19.1 Å². The van der Waals surface area contributed by atoms with Crippen LogP contribution in [0, 0.1) is 0 Å². The van der Waals surface area contributed by atoms with E-state index >= 15 is 0 Å². The Hall–Kier alpha value is -0.610. The van der Waals surface area contributed by atoms with Gasteiger partial charge in [-0.1, -0.05) is 6.92 Å². The lowest BCUT2D eigenvalue weighted by molar-refractivity contribution is -0.126. The van der Waals surface area contributed by atoms with Crippen molar-refractivity contribution in [3.05, 3.63) is 0 Å². The fraction of sp³-hybridized carbons (Fsp3) is 0.917. The third-order valence-corrected chi connectivity index (χ3v) is 3.06. The van der Waals surface area contributed by atoms with E-state index < -0.39 is 0 Å². The first-order valence-corrected chi connectivity index (χ1v) is 6.44. The number of hydrogen-bond donors (Lipinski definition) is 2. The number of carbonyl (C=O) groups is 1. The minimum absolute atomic E-state index is 0.00870. The van der Waals surface area contributed by atoms with Crippen molar-refractivity contribution < 1.29 is 4.79 Å². The van der Waals surface area contributed by atoms with E-state index in [1.807, 2.05) is 6.92 Å². The lowest BCUT2D eigenvalue weighted by Crippen LogP contribution is -2.47. The molecule has 0 aromatic carbocycles. The van der Waals surface area contributed by atoms with E-state index in [4.69, 9.17) is 5.73 Å². The van der Waals surface area contributed by atoms with E-state index in [1.54, 1.807) is 0 Å². The van der Waals surface area contributed by atoms with Gasteiger partial charge in [-0.25, -0.2) is 0 Å². The zero-order chi connectivity index (χ0) is 12.0. The zero-order valence-corrected chi connectivity index (χ0v) is 10.5. The standard InChI is InChI=1S/C12H25N3O/c1-3-8-14-12(16)10(2)15(9-4-7-13)11-5-6-11/h10-11H,3-9,13H2,1-2H3,(H,14,16). The van der Waals surface area contributed by atoms with Gasteiger partial charge in [-0.3, -0.25) is 9.69 Å². The molecule has 1 aliphatic carbocycles. The van der Waals surface area contributed by atoms with Crippen LogP contribution < -0.4 is 11.1 Å². The molecule has 1 amide bonds. The van der Waals surface area contributed by atoms with Crippen LogP contribution in [0.1, 0.15) is 39.5 Å². The lowest BCUT2D eigenvalue weighted by Gasteiger charge is -2.28. The lowest BCUT2D eigenvalue weighted by atomic mass is 10.2. The number of amides is 1. The highest BCUT2D eigenvalue weighted by molar-refractivity contribution is 5.81. The maximum absolute atomic E-state index is 11.9. The average molecular weight is 227 g/mol. The maximum atomic E-state index is 11.9. The van der Waals surface area contributed by atoms with Crippen molar-refractivity contribution in [1.29, 1.82) is 0 Å². The Kier molecular flexibility index (Phi) is 5.77. The molecule has 1 atom stereocenters. The Bertz CT molecular complexity index is 216. The molecule has 0 radical (unpaired) electrons. The molecular weight excluding hydrogens is 202 g/mol. The zero-order valence-electron chi connectivity index (χ0n) is 10.5. The molecule has 3 N–H and O–H groups in total. The van der Waals surface area contributed by atoms with Crippen LogP contribution in [0.3, 0.4) is 0 Å². The Morgan fingerprint density at radius 1 is 1.56 bits per heavy atom. The molecule has 1 unspecified atom stereocenters. The topological polar surface area (TPSA) is 58.4 Å². The van der Waals surface area contributed by atoms with Gasteiger partial charge in [-0.15, -0.1) is 0 Å². The predicted octanol–water partition coefficient (Wildman–Crippen LogP) is 0.714. The van der Waals surface area contributed by atoms with Crippen molar-refractivity contribution in [3.63, 3.8) is 0 Å². The highest BCUT2D eigenvalue weighted by Crippen LogP contribution is 2.28. The summed E-state index contributed by atoms with van der Waals surface area (Å²) in [5.41, 5.74) is 5.53. The summed E-state index contributed by atoms with van der Waals surface area (Å²) < 4.78 is 0. The number of rotatable bonds is 8. The van der Waals surface area contributed by atoms with Crippen molar-refractivity contribution in [3.8, 4) is 0 Å². The van der Waals surface area contributed by atoms with Gasteiger partial charge in [0.15, 0.2) is 0 Å². The van der Waals surface area contributed by atoms with Crippen LogP contribution in [0.5, 0.6) is 0 Å². The molecular formula is C12H25N3O. The SMILES string of the molecule is CCCNC(=O)C(C)N(CCCN)C1CC1. The third kappa shape index (κ3) is 4.10. The van der Waals surface area contributed by atoms with Gasteiger partial charge in [-0.05, 0) is 39.2 Å². The van der Waals surface area contributed by atoms with Crippen molar-refractivity contribution in [1.82, 2.24) is 10.2 Å². The summed E-state index contributed by atoms with van der Waals surface area (Å²) in [6.07, 6.45) is 4.43. The van der Waals surface area contributed by atoms with Crippen LogP contribution in [0.25, 0.3) is 0 Å². The van der Waals surface area contributed by atoms with Gasteiger partial charge in [0.25, 0.3) is 0 Å². The average Bonchev–Trinajstić information content (AvgIpc) is 3.10. The second-order valence-corrected chi connectivity index (χ2v) is 4.58. The molecule has 0 saturated heterocycles. The van der Waals surface area contributed by atoms with E-state index in [9.17, 15) is 4.79 Å². The van der Waals surface area contributed by atoms with Crippen molar-refractivity contribution >= 4 is 5.91 Å². The van der Waals surface area contributed by atoms with Crippen molar-refractivity contribution in [2.45, 2.75) is 51.6 Å². The molecule has 0 bridgehead atoms. The van der Waals surface area contributed by atoms with Gasteiger partial charge < -0.3 is 11.1 Å². The summed E-state index contributed by atoms with van der Waals surface area (Å²) in [6.45, 7) is 6.49. The van der Waals surface area contributed by atoms with Crippen LogP contribution >= 0.6 is 0 Å². The normalized spacial score (nSPS) is 17.5. The molecule has 0 spiro atoms. The third-order valence-electron chi connectivity index (χ3n) is 3.06. The van der Waals surface area contributed by atoms with Gasteiger partial charge in [-0.2, -0.15) is 0 Å². The molecule has 4 nitrogen and oxygen atoms in total. The summed E-state index contributed by atoms with van der Waals surface area (Å²) in [7, 11) is 0. The number of carbonyl (C=O) groups excluding carboxylic acids is 1. The van der Waals surface area contributed by atoms with Gasteiger partial charge in [0.2, 0.25) is 5.91 Å². The van der Waals surface area contributed by atoms with E-state index in [1.165, 1.54) is 12.8 Å². The molecule has 1 aliphatic rings. The van der Waals surface area contributed by atoms with Crippen LogP contribution in [0.15, 0.2) is 0 Å². The summed E-state index contributed by atoms with van der Waals surface area (Å²) >= 11 is 0. The molecule has 4 heteroatoms. The summed E-state index contributed by atoms with van der Waals surface area (Å²) in [6, 6.07) is 0.611. The molecule has 94 valence electrons. The van der Waals surface area contributed by atoms with Gasteiger partial charge in [0.1, 0.15) is 0 Å². The van der Waals surface area contributed by atoms with Crippen molar-refractivity contribution in [2.24, 2.45) is 5.73 Å². The Morgan fingerprint density at radius 2 is 2.25 bits per heavy atom. The Labute approximate surface area is 98.6 Å². The quantitative estimate of drug-likeness (QED) is 0.642. The fourth-order valence-corrected chi connectivity index (χ4v) is 1.92. The first-order valence-electron chi connectivity index (χ1n) is 6.44. The van der Waals surface area contributed by atoms with E-state index in [0.29, 0.717) is 12.6 Å². The highest BCUT2D eigenvalue weighted by Gasteiger charge is 2.34. The largest absolute Gasteiger partial charge is 0.355 e. The second-order valence-electron chi connectivity index (χ2n) is 4.58. The first kappa shape index (κ1) is 13.5. The van der Waals surface area contributed by atoms with E-state index in [2.05, 4.69) is 17.1 Å². The molecule has 0 aromatic rings. The minimum Gasteiger partial charge on any atom is -0.355 e. The summed E-state index contributed by atoms with van der Waals surface area (Å²) in [4.78, 5) is 14.2. The predicted molar refractivity (Wildman–Crippen MR) is 66.2 cm³/mol. The van der Waals surface area contributed by atoms with Crippen LogP contribution in [0.4, 0.5) is 0 Å². The van der Waals surface area contributed by atoms with Crippen LogP contribution in [-0.2, 0) is 4.79 Å². The second kappa shape index (κ2) is 6.86. The van der Waals surface area contributed by atoms with Gasteiger partial charge in [0.05, 0.1) is 6.04 Å². The smallest absolute Gasteiger partial charge is 0.237 e. The molecule has 1 fully saturated rings. The van der Waals surface area contributed by atoms with E-state index in [0.717, 1.165) is 25.9 Å². The van der Waals surface area contributed by atoms with Crippen LogP contribution in [-0.4, -0.2) is 42.5 Å². The monoisotopic (exact) mass is 227 g/mol. The molecule has 1 rings (SSSR count). The first-order chi connectivity index (χ1) is 7.70. The van der Waals surface area contributed by atoms with Crippen molar-refractivity contribution in [2.75, 3.05) is 19.6 Å². The fourth-order valence-electron chi connectivity index (χ4n) is 1.92. The summed E-state index contributed by atoms with van der Waals surface area (Å²) in [5.74, 6) is 0.158. The van der Waals surface area contributed by atoms with Gasteiger partial charge >= 0.3 is 0 Å². The molecule has 1 saturated carbocycles. The number of hydrogen-bond acceptors (Lipinski definition) is 3. The number of nitrogens with one attached hydrogen (secondary N) is 1. The Morgan fingerprint density at radius 3 is 2.75 bits per heavy atom. The molecule has 0 aliphatic heterocycles. The van der Waals surface area contributed by atoms with E-state index in [-0.39, 0.29) is 11.9 Å². The molecule has 0 heterocycles. The van der Waals surface area contributed by atoms with Crippen LogP contribution in [0.2, 0.25) is 0 Å². The molecule has 0 aromatic heterocycles. The minimum atomic E-state index is -0.00870. The Balaban J connectivity index is 2.39. The maximum Gasteiger partial charge on any atom is 0.237 e. The summed E-state index contributed by atoms with van der Waals surface area (Å²) in [5, 5.41) is 2.96. The number of nitrogens with two attached hydrogens (primary N) is 1. The highest BCUT2D eigenvalue weighted by atomic mass is 16.2. The number of nitrogens with zero attached hydrogens (tertiary/aromatic N) is 1.